The van der Waals surface area contributed by atoms with Gasteiger partial charge in [0.1, 0.15) is 0 Å². The highest BCUT2D eigenvalue weighted by molar-refractivity contribution is 5.79. The van der Waals surface area contributed by atoms with Crippen molar-refractivity contribution in [3.8, 4) is 0 Å². The minimum Gasteiger partial charge on any atom is -0.353 e. The van der Waals surface area contributed by atoms with E-state index in [1.54, 1.807) is 0 Å². The summed E-state index contributed by atoms with van der Waals surface area (Å²) in [6.45, 7) is 8.93. The van der Waals surface area contributed by atoms with Crippen LogP contribution < -0.4 is 10.6 Å². The number of nitrogens with one attached hydrogen (secondary N) is 2. The van der Waals surface area contributed by atoms with Gasteiger partial charge in [-0.25, -0.2) is 0 Å². The second-order valence-electron chi connectivity index (χ2n) is 8.03. The molecule has 0 aromatic heterocycles. The molecular formula is C17H32N2O. The largest absolute Gasteiger partial charge is 0.353 e. The summed E-state index contributed by atoms with van der Waals surface area (Å²) in [4.78, 5) is 12.2. The molecule has 116 valence electrons. The Morgan fingerprint density at radius 3 is 2.40 bits per heavy atom. The van der Waals surface area contributed by atoms with E-state index in [9.17, 15) is 4.79 Å². The monoisotopic (exact) mass is 280 g/mol. The normalized spacial score (nSPS) is 31.9. The molecule has 20 heavy (non-hydrogen) atoms. The lowest BCUT2D eigenvalue weighted by Gasteiger charge is -2.34. The summed E-state index contributed by atoms with van der Waals surface area (Å²) < 4.78 is 0. The molecule has 0 bridgehead atoms. The molecule has 3 nitrogen and oxygen atoms in total. The van der Waals surface area contributed by atoms with E-state index in [-0.39, 0.29) is 11.8 Å². The second kappa shape index (κ2) is 6.93. The van der Waals surface area contributed by atoms with E-state index in [1.807, 2.05) is 0 Å². The topological polar surface area (TPSA) is 41.1 Å². The van der Waals surface area contributed by atoms with Crippen molar-refractivity contribution in [2.75, 3.05) is 13.1 Å². The Morgan fingerprint density at radius 1 is 1.15 bits per heavy atom. The first-order valence-electron chi connectivity index (χ1n) is 8.45. The molecule has 0 aromatic rings. The van der Waals surface area contributed by atoms with Crippen LogP contribution in [0.2, 0.25) is 0 Å². The molecule has 2 rings (SSSR count). The van der Waals surface area contributed by atoms with Crippen LogP contribution in [0, 0.1) is 17.3 Å². The van der Waals surface area contributed by atoms with E-state index in [1.165, 1.54) is 32.1 Å². The Balaban J connectivity index is 1.70. The zero-order valence-corrected chi connectivity index (χ0v) is 13.5. The number of carbonyl (C=O) groups excluding carboxylic acids is 1. The van der Waals surface area contributed by atoms with Crippen molar-refractivity contribution in [2.45, 2.75) is 71.8 Å². The standard InChI is InChI=1S/C17H32N2O/c1-17(2,3)11-13-6-8-15(9-7-13)19-16(20)14-5-4-10-18-12-14/h13-15,18H,4-12H2,1-3H3,(H,19,20). The maximum absolute atomic E-state index is 12.2. The highest BCUT2D eigenvalue weighted by Crippen LogP contribution is 2.34. The van der Waals surface area contributed by atoms with Crippen LogP contribution in [0.15, 0.2) is 0 Å². The van der Waals surface area contributed by atoms with Gasteiger partial charge in [0.25, 0.3) is 0 Å². The smallest absolute Gasteiger partial charge is 0.224 e. The molecule has 1 atom stereocenters. The molecular weight excluding hydrogens is 248 g/mol. The van der Waals surface area contributed by atoms with Crippen LogP contribution >= 0.6 is 0 Å². The van der Waals surface area contributed by atoms with E-state index in [0.29, 0.717) is 11.5 Å². The molecule has 1 amide bonds. The highest BCUT2D eigenvalue weighted by atomic mass is 16.2. The van der Waals surface area contributed by atoms with Crippen LogP contribution in [0.4, 0.5) is 0 Å². The third-order valence-corrected chi connectivity index (χ3v) is 4.76. The molecule has 0 radical (unpaired) electrons. The van der Waals surface area contributed by atoms with Crippen molar-refractivity contribution >= 4 is 5.91 Å². The summed E-state index contributed by atoms with van der Waals surface area (Å²) in [6, 6.07) is 0.431. The van der Waals surface area contributed by atoms with Gasteiger partial charge in [-0.15, -0.1) is 0 Å². The van der Waals surface area contributed by atoms with Gasteiger partial charge in [0.2, 0.25) is 5.91 Å². The number of carbonyl (C=O) groups is 1. The molecule has 2 aliphatic rings. The first-order valence-corrected chi connectivity index (χ1v) is 8.45. The molecule has 1 unspecified atom stereocenters. The van der Waals surface area contributed by atoms with Crippen LogP contribution in [0.1, 0.15) is 65.7 Å². The van der Waals surface area contributed by atoms with Crippen molar-refractivity contribution in [3.05, 3.63) is 0 Å². The SMILES string of the molecule is CC(C)(C)CC1CCC(NC(=O)C2CCCNC2)CC1. The average Bonchev–Trinajstić information content (AvgIpc) is 2.40. The lowest BCUT2D eigenvalue weighted by Crippen LogP contribution is -2.45. The maximum Gasteiger partial charge on any atom is 0.224 e. The van der Waals surface area contributed by atoms with Crippen LogP contribution in [-0.2, 0) is 4.79 Å². The van der Waals surface area contributed by atoms with Gasteiger partial charge in [0, 0.05) is 12.6 Å². The molecule has 0 aromatic carbocycles. The fraction of sp³-hybridized carbons (Fsp3) is 0.941. The summed E-state index contributed by atoms with van der Waals surface area (Å²) >= 11 is 0. The van der Waals surface area contributed by atoms with Gasteiger partial charge in [0.15, 0.2) is 0 Å². The lowest BCUT2D eigenvalue weighted by atomic mass is 9.76. The van der Waals surface area contributed by atoms with Gasteiger partial charge < -0.3 is 10.6 Å². The second-order valence-corrected chi connectivity index (χ2v) is 8.03. The molecule has 2 N–H and O–H groups in total. The van der Waals surface area contributed by atoms with Gasteiger partial charge in [0.05, 0.1) is 5.92 Å². The van der Waals surface area contributed by atoms with Crippen LogP contribution in [0.5, 0.6) is 0 Å². The van der Waals surface area contributed by atoms with Gasteiger partial charge in [-0.2, -0.15) is 0 Å². The van der Waals surface area contributed by atoms with E-state index < -0.39 is 0 Å². The number of rotatable bonds is 3. The summed E-state index contributed by atoms with van der Waals surface area (Å²) in [5, 5.41) is 6.62. The Hall–Kier alpha value is -0.570. The summed E-state index contributed by atoms with van der Waals surface area (Å²) in [6.07, 6.45) is 8.42. The zero-order valence-electron chi connectivity index (χ0n) is 13.5. The Bertz CT molecular complexity index is 307. The first kappa shape index (κ1) is 15.8. The summed E-state index contributed by atoms with van der Waals surface area (Å²) in [5.74, 6) is 1.35. The van der Waals surface area contributed by atoms with Gasteiger partial charge in [-0.1, -0.05) is 20.8 Å². The maximum atomic E-state index is 12.2. The predicted molar refractivity (Wildman–Crippen MR) is 83.6 cm³/mol. The lowest BCUT2D eigenvalue weighted by molar-refractivity contribution is -0.126. The van der Waals surface area contributed by atoms with Crippen molar-refractivity contribution in [1.82, 2.24) is 10.6 Å². The molecule has 1 saturated carbocycles. The number of piperidine rings is 1. The molecule has 3 heteroatoms. The molecule has 2 fully saturated rings. The highest BCUT2D eigenvalue weighted by Gasteiger charge is 2.28. The summed E-state index contributed by atoms with van der Waals surface area (Å²) in [7, 11) is 0. The van der Waals surface area contributed by atoms with Crippen molar-refractivity contribution < 1.29 is 4.79 Å². The van der Waals surface area contributed by atoms with Crippen LogP contribution in [0.25, 0.3) is 0 Å². The Kier molecular flexibility index (Phi) is 5.48. The quantitative estimate of drug-likeness (QED) is 0.834. The fourth-order valence-corrected chi connectivity index (χ4v) is 3.77. The predicted octanol–water partition coefficient (Wildman–Crippen LogP) is 3.10. The average molecular weight is 280 g/mol. The number of amides is 1. The molecule has 0 spiro atoms. The van der Waals surface area contributed by atoms with Crippen LogP contribution in [0.3, 0.4) is 0 Å². The fourth-order valence-electron chi connectivity index (χ4n) is 3.77. The molecule has 1 saturated heterocycles. The summed E-state index contributed by atoms with van der Waals surface area (Å²) in [5.41, 5.74) is 0.439. The first-order chi connectivity index (χ1) is 9.44. The van der Waals surface area contributed by atoms with Gasteiger partial charge in [-0.3, -0.25) is 4.79 Å². The minimum absolute atomic E-state index is 0.205. The molecule has 1 aliphatic carbocycles. The number of hydrogen-bond acceptors (Lipinski definition) is 2. The van der Waals surface area contributed by atoms with E-state index in [2.05, 4.69) is 31.4 Å². The zero-order chi connectivity index (χ0) is 14.6. The van der Waals surface area contributed by atoms with Gasteiger partial charge >= 0.3 is 0 Å². The Labute approximate surface area is 124 Å². The third kappa shape index (κ3) is 5.08. The van der Waals surface area contributed by atoms with E-state index >= 15 is 0 Å². The van der Waals surface area contributed by atoms with E-state index in [0.717, 1.165) is 31.8 Å². The van der Waals surface area contributed by atoms with Crippen LogP contribution in [-0.4, -0.2) is 25.0 Å². The third-order valence-electron chi connectivity index (χ3n) is 4.76. The number of hydrogen-bond donors (Lipinski definition) is 2. The van der Waals surface area contributed by atoms with E-state index in [4.69, 9.17) is 0 Å². The van der Waals surface area contributed by atoms with Gasteiger partial charge in [-0.05, 0) is 62.8 Å². The minimum atomic E-state index is 0.205. The van der Waals surface area contributed by atoms with Crippen molar-refractivity contribution in [1.29, 1.82) is 0 Å². The Morgan fingerprint density at radius 2 is 1.85 bits per heavy atom. The van der Waals surface area contributed by atoms with Crippen molar-refractivity contribution in [2.24, 2.45) is 17.3 Å². The van der Waals surface area contributed by atoms with Crippen molar-refractivity contribution in [3.63, 3.8) is 0 Å². The molecule has 1 heterocycles. The molecule has 1 aliphatic heterocycles.